The van der Waals surface area contributed by atoms with Gasteiger partial charge in [0.1, 0.15) is 11.2 Å². The summed E-state index contributed by atoms with van der Waals surface area (Å²) in [5.41, 5.74) is -1.41. The molecule has 1 aromatic heterocycles. The fourth-order valence-electron chi connectivity index (χ4n) is 6.36. The van der Waals surface area contributed by atoms with Gasteiger partial charge in [-0.25, -0.2) is 9.07 Å². The van der Waals surface area contributed by atoms with Gasteiger partial charge in [0.25, 0.3) is 0 Å². The highest BCUT2D eigenvalue weighted by atomic mass is 19.4. The Hall–Kier alpha value is -3.43. The monoisotopic (exact) mass is 488 g/mol. The lowest BCUT2D eigenvalue weighted by Crippen LogP contribution is -2.66. The van der Waals surface area contributed by atoms with Gasteiger partial charge in [0.15, 0.2) is 0 Å². The van der Waals surface area contributed by atoms with Crippen LogP contribution in [-0.4, -0.2) is 27.9 Å². The summed E-state index contributed by atoms with van der Waals surface area (Å²) in [5.74, 6) is -8.78. The molecule has 0 unspecified atom stereocenters. The molecule has 5 rings (SSSR count). The summed E-state index contributed by atoms with van der Waals surface area (Å²) in [6.07, 6.45) is -0.912. The van der Waals surface area contributed by atoms with Crippen LogP contribution < -0.4 is 10.2 Å². The number of hydrogen-bond donors (Lipinski definition) is 0. The summed E-state index contributed by atoms with van der Waals surface area (Å²) in [4.78, 5) is 23.8. The molecule has 0 bridgehead atoms. The van der Waals surface area contributed by atoms with Crippen LogP contribution in [0.1, 0.15) is 37.4 Å². The van der Waals surface area contributed by atoms with E-state index in [9.17, 15) is 37.4 Å². The molecule has 2 aromatic rings. The first kappa shape index (κ1) is 23.3. The first-order valence-corrected chi connectivity index (χ1v) is 11.1. The van der Waals surface area contributed by atoms with Crippen LogP contribution in [0.5, 0.6) is 0 Å². The zero-order valence-corrected chi connectivity index (χ0v) is 18.6. The number of carbonyl (C=O) groups is 2. The molecule has 0 spiro atoms. The van der Waals surface area contributed by atoms with E-state index < -0.39 is 53.0 Å². The highest BCUT2D eigenvalue weighted by Crippen LogP contribution is 2.64. The van der Waals surface area contributed by atoms with Crippen molar-refractivity contribution in [1.82, 2.24) is 9.78 Å². The van der Waals surface area contributed by atoms with E-state index in [0.29, 0.717) is 11.4 Å². The Morgan fingerprint density at radius 3 is 2.46 bits per heavy atom. The summed E-state index contributed by atoms with van der Waals surface area (Å²) in [6.45, 7) is 1.75. The third-order valence-electron chi connectivity index (χ3n) is 8.00. The highest BCUT2D eigenvalue weighted by Gasteiger charge is 2.68. The molecule has 0 amide bonds. The number of hydrogen-bond acceptors (Lipinski definition) is 5. The van der Waals surface area contributed by atoms with Crippen LogP contribution >= 0.6 is 0 Å². The molecule has 3 aliphatic carbocycles. The van der Waals surface area contributed by atoms with E-state index in [-0.39, 0.29) is 24.8 Å². The molecule has 1 fully saturated rings. The Morgan fingerprint density at radius 1 is 1.17 bits per heavy atom. The van der Waals surface area contributed by atoms with E-state index >= 15 is 0 Å². The van der Waals surface area contributed by atoms with Gasteiger partial charge in [0.2, 0.25) is 0 Å². The number of aliphatic carboxylic acids is 2. The molecule has 0 N–H and O–H groups in total. The number of nitrogens with zero attached hydrogens (tertiary/aromatic N) is 2. The van der Waals surface area contributed by atoms with Crippen molar-refractivity contribution in [2.24, 2.45) is 22.7 Å². The number of aromatic nitrogens is 2. The molecule has 6 nitrogen and oxygen atoms in total. The average Bonchev–Trinajstić information content (AvgIpc) is 3.17. The third kappa shape index (κ3) is 3.11. The number of carbonyl (C=O) groups excluding carboxylic acids is 2. The van der Waals surface area contributed by atoms with Crippen molar-refractivity contribution in [3.8, 4) is 5.69 Å². The van der Waals surface area contributed by atoms with E-state index in [2.05, 4.69) is 5.10 Å². The minimum absolute atomic E-state index is 0.136. The number of alkyl halides is 3. The van der Waals surface area contributed by atoms with Gasteiger partial charge in [0, 0.05) is 23.2 Å². The summed E-state index contributed by atoms with van der Waals surface area (Å²) >= 11 is 0. The van der Waals surface area contributed by atoms with Crippen LogP contribution in [0.15, 0.2) is 47.7 Å². The van der Waals surface area contributed by atoms with Crippen molar-refractivity contribution in [1.29, 1.82) is 0 Å². The van der Waals surface area contributed by atoms with E-state index in [0.717, 1.165) is 11.1 Å². The molecular weight excluding hydrogens is 468 g/mol. The van der Waals surface area contributed by atoms with Crippen molar-refractivity contribution < 1.29 is 37.4 Å². The van der Waals surface area contributed by atoms with E-state index in [4.69, 9.17) is 0 Å². The zero-order chi connectivity index (χ0) is 25.3. The van der Waals surface area contributed by atoms with E-state index in [1.807, 2.05) is 6.08 Å². The second-order valence-electron chi connectivity index (χ2n) is 9.63. The molecule has 0 aliphatic heterocycles. The smallest absolute Gasteiger partial charge is 0.400 e. The molecule has 3 aliphatic rings. The first-order chi connectivity index (χ1) is 16.4. The standard InChI is InChI=1S/C25H22F4N2O4/c1-23-11-13-12-30-31(16-5-3-15(26)4-6-16)20(13)10-14(23)2-7-18-17(23)8-9-19(21(32)33)24(18,22(34)35)25(27,28)29/h3-6,8,10,12,18-19H,2,7,9,11H2,1H3,(H,32,33)(H,34,35)/p-2/t18-,19-,23+,24+/m1/s1. The lowest BCUT2D eigenvalue weighted by atomic mass is 9.48. The van der Waals surface area contributed by atoms with Crippen LogP contribution in [0.3, 0.4) is 0 Å². The Bertz CT molecular complexity index is 1290. The fourth-order valence-corrected chi connectivity index (χ4v) is 6.36. The van der Waals surface area contributed by atoms with Crippen molar-refractivity contribution in [3.05, 3.63) is 64.8 Å². The number of carboxylic acid groups (broad SMARTS) is 2. The van der Waals surface area contributed by atoms with Crippen molar-refractivity contribution in [2.75, 3.05) is 0 Å². The number of carboxylic acids is 2. The zero-order valence-electron chi connectivity index (χ0n) is 18.6. The van der Waals surface area contributed by atoms with Gasteiger partial charge < -0.3 is 19.8 Å². The van der Waals surface area contributed by atoms with Crippen molar-refractivity contribution in [2.45, 2.75) is 38.8 Å². The molecule has 35 heavy (non-hydrogen) atoms. The number of allylic oxidation sites excluding steroid dienone is 3. The summed E-state index contributed by atoms with van der Waals surface area (Å²) < 4.78 is 58.3. The predicted molar refractivity (Wildman–Crippen MR) is 111 cm³/mol. The molecule has 1 aromatic carbocycles. The molecule has 0 radical (unpaired) electrons. The Labute approximate surface area is 197 Å². The number of fused-ring (bicyclic) bond motifs is 4. The van der Waals surface area contributed by atoms with Gasteiger partial charge in [-0.05, 0) is 61.6 Å². The minimum Gasteiger partial charge on any atom is -0.550 e. The lowest BCUT2D eigenvalue weighted by Gasteiger charge is -2.57. The lowest BCUT2D eigenvalue weighted by molar-refractivity contribution is -0.368. The Kier molecular flexibility index (Phi) is 5.02. The first-order valence-electron chi connectivity index (χ1n) is 11.1. The predicted octanol–water partition coefficient (Wildman–Crippen LogP) is 2.36. The Morgan fingerprint density at radius 2 is 1.86 bits per heavy atom. The summed E-state index contributed by atoms with van der Waals surface area (Å²) in [5, 5.41) is 28.2. The molecule has 1 saturated carbocycles. The largest absolute Gasteiger partial charge is 0.550 e. The van der Waals surface area contributed by atoms with Crippen molar-refractivity contribution >= 4 is 18.0 Å². The van der Waals surface area contributed by atoms with Gasteiger partial charge in [0.05, 0.1) is 23.5 Å². The van der Waals surface area contributed by atoms with Crippen LogP contribution in [0, 0.1) is 28.5 Å². The van der Waals surface area contributed by atoms with Crippen molar-refractivity contribution in [3.63, 3.8) is 0 Å². The van der Waals surface area contributed by atoms with Gasteiger partial charge in [-0.1, -0.05) is 24.1 Å². The molecular formula is C25H20F4N2O4-2. The van der Waals surface area contributed by atoms with Crippen LogP contribution in [-0.2, 0) is 16.0 Å². The van der Waals surface area contributed by atoms with Crippen LogP contribution in [0.25, 0.3) is 11.8 Å². The van der Waals surface area contributed by atoms with Gasteiger partial charge in [-0.3, -0.25) is 0 Å². The fraction of sp³-hybridized carbons (Fsp3) is 0.400. The van der Waals surface area contributed by atoms with E-state index in [1.165, 1.54) is 18.2 Å². The van der Waals surface area contributed by atoms with Gasteiger partial charge >= 0.3 is 6.18 Å². The molecule has 10 heteroatoms. The maximum Gasteiger partial charge on any atom is 0.400 e. The number of rotatable bonds is 3. The minimum atomic E-state index is -5.36. The third-order valence-corrected chi connectivity index (χ3v) is 8.00. The second-order valence-corrected chi connectivity index (χ2v) is 9.63. The number of benzene rings is 1. The maximum atomic E-state index is 14.4. The van der Waals surface area contributed by atoms with Crippen LogP contribution in [0.2, 0.25) is 0 Å². The normalized spacial score (nSPS) is 29.9. The molecule has 1 heterocycles. The topological polar surface area (TPSA) is 98.1 Å². The van der Waals surface area contributed by atoms with Crippen LogP contribution in [0.4, 0.5) is 17.6 Å². The van der Waals surface area contributed by atoms with Gasteiger partial charge in [-0.2, -0.15) is 18.3 Å². The average molecular weight is 488 g/mol. The number of halogens is 4. The SMILES string of the molecule is C[C@]12Cc3cnn(-c4ccc(F)cc4)c3C=C1CC[C@@H]1C2=CC[C@H](C(=O)[O-])[C@@]1(C(=O)[O-])C(F)(F)F. The van der Waals surface area contributed by atoms with E-state index in [1.54, 1.807) is 29.9 Å². The second kappa shape index (κ2) is 7.53. The quantitative estimate of drug-likeness (QED) is 0.488. The molecule has 0 saturated heterocycles. The summed E-state index contributed by atoms with van der Waals surface area (Å²) in [7, 11) is 0. The highest BCUT2D eigenvalue weighted by molar-refractivity contribution is 5.84. The summed E-state index contributed by atoms with van der Waals surface area (Å²) in [6, 6.07) is 5.72. The molecule has 4 atom stereocenters. The molecule has 184 valence electrons. The maximum absolute atomic E-state index is 14.4. The Balaban J connectivity index is 1.63. The van der Waals surface area contributed by atoms with Gasteiger partial charge in [-0.15, -0.1) is 0 Å².